The van der Waals surface area contributed by atoms with Gasteiger partial charge in [0.2, 0.25) is 5.91 Å². The largest absolute Gasteiger partial charge is 0.355 e. The van der Waals surface area contributed by atoms with E-state index >= 15 is 0 Å². The fourth-order valence-electron chi connectivity index (χ4n) is 2.81. The molecule has 0 unspecified atom stereocenters. The summed E-state index contributed by atoms with van der Waals surface area (Å²) in [6.07, 6.45) is 0. The number of thioether (sulfide) groups is 1. The first-order valence-corrected chi connectivity index (χ1v) is 10.2. The van der Waals surface area contributed by atoms with Crippen LogP contribution in [0.15, 0.2) is 53.4 Å². The van der Waals surface area contributed by atoms with Crippen molar-refractivity contribution >= 4 is 35.0 Å². The smallest absolute Gasteiger partial charge is 0.288 e. The Hall–Kier alpha value is -2.61. The van der Waals surface area contributed by atoms with Crippen molar-refractivity contribution in [1.29, 1.82) is 0 Å². The summed E-state index contributed by atoms with van der Waals surface area (Å²) in [5, 5.41) is 3.15. The summed E-state index contributed by atoms with van der Waals surface area (Å²) >= 11 is 0.479. The summed E-state index contributed by atoms with van der Waals surface area (Å²) < 4.78 is 24.9. The van der Waals surface area contributed by atoms with Gasteiger partial charge in [0.1, 0.15) is 0 Å². The van der Waals surface area contributed by atoms with Gasteiger partial charge in [-0.1, -0.05) is 23.9 Å². The molecule has 2 aromatic carbocycles. The Morgan fingerprint density at radius 2 is 1.66 bits per heavy atom. The molecule has 29 heavy (non-hydrogen) atoms. The summed E-state index contributed by atoms with van der Waals surface area (Å²) in [6.45, 7) is 4.97. The molecule has 2 rings (SSSR count). The van der Waals surface area contributed by atoms with E-state index in [1.54, 1.807) is 60.5 Å². The van der Waals surface area contributed by atoms with E-state index in [1.165, 1.54) is 4.90 Å². The van der Waals surface area contributed by atoms with Crippen molar-refractivity contribution in [3.63, 3.8) is 0 Å². The Labute approximate surface area is 174 Å². The summed E-state index contributed by atoms with van der Waals surface area (Å²) in [6, 6.07) is 13.5. The maximum atomic E-state index is 12.9. The van der Waals surface area contributed by atoms with Gasteiger partial charge in [-0.25, -0.2) is 0 Å². The van der Waals surface area contributed by atoms with Crippen LogP contribution in [0.3, 0.4) is 0 Å². The molecule has 0 saturated heterocycles. The van der Waals surface area contributed by atoms with Gasteiger partial charge >= 0.3 is 0 Å². The van der Waals surface area contributed by atoms with E-state index in [9.17, 15) is 18.4 Å². The van der Waals surface area contributed by atoms with Crippen LogP contribution in [0.1, 0.15) is 24.2 Å². The summed E-state index contributed by atoms with van der Waals surface area (Å²) in [4.78, 5) is 28.7. The Morgan fingerprint density at radius 3 is 2.24 bits per heavy atom. The average molecular weight is 422 g/mol. The van der Waals surface area contributed by atoms with Crippen LogP contribution >= 0.6 is 11.8 Å². The van der Waals surface area contributed by atoms with Crippen molar-refractivity contribution in [2.24, 2.45) is 0 Å². The van der Waals surface area contributed by atoms with Gasteiger partial charge in [-0.15, -0.1) is 0 Å². The van der Waals surface area contributed by atoms with Crippen molar-refractivity contribution in [2.45, 2.75) is 24.5 Å². The zero-order chi connectivity index (χ0) is 21.4. The van der Waals surface area contributed by atoms with Crippen molar-refractivity contribution < 1.29 is 18.4 Å². The maximum Gasteiger partial charge on any atom is 0.288 e. The van der Waals surface area contributed by atoms with Crippen molar-refractivity contribution in [1.82, 2.24) is 9.80 Å². The van der Waals surface area contributed by atoms with Crippen LogP contribution in [0, 0.1) is 0 Å². The first kappa shape index (κ1) is 22.7. The fraction of sp³-hybridized carbons (Fsp3) is 0.333. The number of carbonyl (C=O) groups is 2. The van der Waals surface area contributed by atoms with Gasteiger partial charge in [0.25, 0.3) is 11.7 Å². The van der Waals surface area contributed by atoms with E-state index in [4.69, 9.17) is 0 Å². The van der Waals surface area contributed by atoms with Crippen molar-refractivity contribution in [2.75, 3.05) is 32.0 Å². The molecule has 1 N–H and O–H groups in total. The van der Waals surface area contributed by atoms with Crippen LogP contribution in [0.2, 0.25) is 0 Å². The molecule has 0 bridgehead atoms. The van der Waals surface area contributed by atoms with Gasteiger partial charge < -0.3 is 15.1 Å². The number of anilines is 2. The monoisotopic (exact) mass is 421 g/mol. The summed E-state index contributed by atoms with van der Waals surface area (Å²) in [7, 11) is 1.59. The molecule has 0 heterocycles. The first-order valence-electron chi connectivity index (χ1n) is 9.29. The van der Waals surface area contributed by atoms with E-state index in [-0.39, 0.29) is 18.4 Å². The fourth-order valence-corrected chi connectivity index (χ4v) is 3.31. The van der Waals surface area contributed by atoms with Gasteiger partial charge in [0.05, 0.1) is 17.8 Å². The number of carbonyl (C=O) groups excluding carboxylic acids is 2. The molecule has 0 aromatic heterocycles. The molecule has 0 atom stereocenters. The molecule has 0 saturated carbocycles. The minimum Gasteiger partial charge on any atom is -0.355 e. The third kappa shape index (κ3) is 6.45. The van der Waals surface area contributed by atoms with Crippen LogP contribution in [0.25, 0.3) is 0 Å². The number of rotatable bonds is 9. The van der Waals surface area contributed by atoms with Crippen LogP contribution in [0.4, 0.5) is 20.2 Å². The number of alkyl halides is 2. The first-order chi connectivity index (χ1) is 13.8. The number of hydrogen-bond acceptors (Lipinski definition) is 4. The van der Waals surface area contributed by atoms with Gasteiger partial charge in [0, 0.05) is 30.7 Å². The lowest BCUT2D eigenvalue weighted by Gasteiger charge is -2.24. The molecule has 2 aromatic rings. The third-order valence-electron chi connectivity index (χ3n) is 4.35. The highest BCUT2D eigenvalue weighted by atomic mass is 32.2. The SMILES string of the molecule is CCN(CC)C(=O)CN(C)C(=O)c1ccccc1Nc1ccc(SC(F)F)cc1. The molecule has 0 radical (unpaired) electrons. The van der Waals surface area contributed by atoms with E-state index < -0.39 is 5.76 Å². The highest BCUT2D eigenvalue weighted by Gasteiger charge is 2.20. The van der Waals surface area contributed by atoms with Gasteiger partial charge in [-0.05, 0) is 50.2 Å². The molecule has 0 aliphatic carbocycles. The van der Waals surface area contributed by atoms with Gasteiger partial charge in [-0.3, -0.25) is 9.59 Å². The number of likely N-dealkylation sites (N-methyl/N-ethyl adjacent to an activating group) is 2. The molecular weight excluding hydrogens is 396 g/mol. The molecule has 0 aliphatic rings. The van der Waals surface area contributed by atoms with Crippen LogP contribution < -0.4 is 5.32 Å². The Balaban J connectivity index is 2.13. The zero-order valence-electron chi connectivity index (χ0n) is 16.7. The quantitative estimate of drug-likeness (QED) is 0.597. The van der Waals surface area contributed by atoms with Gasteiger partial charge in [-0.2, -0.15) is 8.78 Å². The van der Waals surface area contributed by atoms with E-state index in [2.05, 4.69) is 5.32 Å². The predicted molar refractivity (Wildman–Crippen MR) is 113 cm³/mol. The van der Waals surface area contributed by atoms with Crippen molar-refractivity contribution in [3.8, 4) is 0 Å². The molecule has 0 spiro atoms. The maximum absolute atomic E-state index is 12.9. The van der Waals surface area contributed by atoms with Crippen LogP contribution in [-0.2, 0) is 4.79 Å². The second kappa shape index (κ2) is 10.8. The highest BCUT2D eigenvalue weighted by Crippen LogP contribution is 2.28. The molecule has 0 aliphatic heterocycles. The minimum absolute atomic E-state index is 0.00556. The number of benzene rings is 2. The summed E-state index contributed by atoms with van der Waals surface area (Å²) in [5.74, 6) is -2.86. The number of amides is 2. The van der Waals surface area contributed by atoms with Crippen molar-refractivity contribution in [3.05, 3.63) is 54.1 Å². The summed E-state index contributed by atoms with van der Waals surface area (Å²) in [5.41, 5.74) is 1.67. The zero-order valence-corrected chi connectivity index (χ0v) is 17.5. The van der Waals surface area contributed by atoms with E-state index in [0.717, 1.165) is 0 Å². The van der Waals surface area contributed by atoms with Crippen LogP contribution in [0.5, 0.6) is 0 Å². The average Bonchev–Trinajstić information content (AvgIpc) is 2.70. The number of halogens is 2. The number of para-hydroxylation sites is 1. The standard InChI is InChI=1S/C21H25F2N3O2S/c1-4-26(5-2)19(27)14-25(3)20(28)17-8-6-7-9-18(17)24-15-10-12-16(13-11-15)29-21(22)23/h6-13,21,24H,4-5,14H2,1-3H3. The number of nitrogens with zero attached hydrogens (tertiary/aromatic N) is 2. The Kier molecular flexibility index (Phi) is 8.45. The lowest BCUT2D eigenvalue weighted by molar-refractivity contribution is -0.131. The molecular formula is C21H25F2N3O2S. The third-order valence-corrected chi connectivity index (χ3v) is 5.07. The van der Waals surface area contributed by atoms with E-state index in [0.29, 0.717) is 46.7 Å². The topological polar surface area (TPSA) is 52.7 Å². The highest BCUT2D eigenvalue weighted by molar-refractivity contribution is 7.99. The molecule has 0 fully saturated rings. The predicted octanol–water partition coefficient (Wildman–Crippen LogP) is 4.69. The second-order valence-electron chi connectivity index (χ2n) is 6.30. The number of nitrogens with one attached hydrogen (secondary N) is 1. The normalized spacial score (nSPS) is 10.7. The molecule has 5 nitrogen and oxygen atoms in total. The van der Waals surface area contributed by atoms with E-state index in [1.807, 2.05) is 13.8 Å². The Morgan fingerprint density at radius 1 is 1.03 bits per heavy atom. The minimum atomic E-state index is -2.47. The lowest BCUT2D eigenvalue weighted by Crippen LogP contribution is -2.41. The molecule has 156 valence electrons. The molecule has 2 amide bonds. The van der Waals surface area contributed by atoms with Gasteiger partial charge in [0.15, 0.2) is 0 Å². The second-order valence-corrected chi connectivity index (χ2v) is 7.36. The Bertz CT molecular complexity index is 827. The molecule has 8 heteroatoms. The van der Waals surface area contributed by atoms with Crippen LogP contribution in [-0.4, -0.2) is 54.1 Å². The lowest BCUT2D eigenvalue weighted by atomic mass is 10.1. The number of hydrogen-bond donors (Lipinski definition) is 1.